The molecule has 3 nitrogen and oxygen atoms in total. The quantitative estimate of drug-likeness (QED) is 0.220. The highest BCUT2D eigenvalue weighted by Gasteiger charge is 2.24. The molecule has 3 aromatic rings. The van der Waals surface area contributed by atoms with E-state index in [1.54, 1.807) is 0 Å². The number of hydrogen-bond acceptors (Lipinski definition) is 4. The minimum absolute atomic E-state index is 0.0400. The van der Waals surface area contributed by atoms with Crippen molar-refractivity contribution < 1.29 is 9.53 Å². The fourth-order valence-corrected chi connectivity index (χ4v) is 4.72. The summed E-state index contributed by atoms with van der Waals surface area (Å²) in [6, 6.07) is 25.7. The molecule has 0 amide bonds. The van der Waals surface area contributed by atoms with Gasteiger partial charge in [-0.1, -0.05) is 60.3 Å². The predicted octanol–water partition coefficient (Wildman–Crippen LogP) is 7.22. The fraction of sp³-hybridized carbons (Fsp3) is 0.179. The largest absolute Gasteiger partial charge is 0.455 e. The first-order chi connectivity index (χ1) is 15.6. The van der Waals surface area contributed by atoms with Crippen LogP contribution < -0.4 is 9.64 Å². The lowest BCUT2D eigenvalue weighted by atomic mass is 10.0. The molecule has 1 heterocycles. The van der Waals surface area contributed by atoms with Gasteiger partial charge in [0.1, 0.15) is 16.4 Å². The van der Waals surface area contributed by atoms with Crippen LogP contribution in [0.2, 0.25) is 0 Å². The van der Waals surface area contributed by atoms with Crippen molar-refractivity contribution in [2.45, 2.75) is 25.7 Å². The minimum Gasteiger partial charge on any atom is -0.455 e. The second-order valence-corrected chi connectivity index (χ2v) is 8.67. The van der Waals surface area contributed by atoms with Gasteiger partial charge in [-0.3, -0.25) is 4.79 Å². The van der Waals surface area contributed by atoms with Gasteiger partial charge >= 0.3 is 0 Å². The van der Waals surface area contributed by atoms with Crippen LogP contribution in [-0.2, 0) is 0 Å². The molecule has 0 saturated heterocycles. The van der Waals surface area contributed by atoms with Gasteiger partial charge in [0, 0.05) is 40.9 Å². The number of nitrogens with zero attached hydrogens (tertiary/aromatic N) is 1. The minimum atomic E-state index is -0.0400. The normalized spacial score (nSPS) is 14.2. The summed E-state index contributed by atoms with van der Waals surface area (Å²) in [6.07, 6.45) is 1.98. The Morgan fingerprint density at radius 3 is 2.22 bits per heavy atom. The molecule has 0 fully saturated rings. The first-order valence-electron chi connectivity index (χ1n) is 10.9. The monoisotopic (exact) mass is 441 g/mol. The van der Waals surface area contributed by atoms with E-state index in [1.807, 2.05) is 66.7 Å². The third-order valence-electron chi connectivity index (χ3n) is 5.52. The van der Waals surface area contributed by atoms with Crippen LogP contribution >= 0.6 is 11.8 Å². The molecule has 1 aliphatic heterocycles. The third kappa shape index (κ3) is 4.66. The number of anilines is 1. The molecule has 0 unspecified atom stereocenters. The summed E-state index contributed by atoms with van der Waals surface area (Å²) in [5.74, 6) is 1.34. The summed E-state index contributed by atoms with van der Waals surface area (Å²) in [7, 11) is 0. The van der Waals surface area contributed by atoms with Gasteiger partial charge < -0.3 is 9.64 Å². The highest BCUT2D eigenvalue weighted by molar-refractivity contribution is 8.04. The number of fused-ring (bicyclic) bond motifs is 1. The van der Waals surface area contributed by atoms with Crippen molar-refractivity contribution in [1.82, 2.24) is 0 Å². The van der Waals surface area contributed by atoms with Crippen LogP contribution in [0.4, 0.5) is 5.69 Å². The van der Waals surface area contributed by atoms with Gasteiger partial charge in [0.15, 0.2) is 0 Å². The molecule has 4 heteroatoms. The van der Waals surface area contributed by atoms with Crippen LogP contribution in [-0.4, -0.2) is 18.9 Å². The van der Waals surface area contributed by atoms with Crippen molar-refractivity contribution in [2.75, 3.05) is 18.0 Å². The average Bonchev–Trinajstić information content (AvgIpc) is 2.84. The molecule has 0 bridgehead atoms. The van der Waals surface area contributed by atoms with E-state index in [2.05, 4.69) is 43.9 Å². The molecule has 0 atom stereocenters. The van der Waals surface area contributed by atoms with Gasteiger partial charge in [0.2, 0.25) is 5.78 Å². The molecular weight excluding hydrogens is 414 g/mol. The number of thioether (sulfide) groups is 1. The maximum atomic E-state index is 13.5. The SMILES string of the molecule is CCN(CC)c1ccc2c(c1)OC(=C(Sc1ccccc1)C(=O)c1ccccc1)C=C2C. The van der Waals surface area contributed by atoms with Crippen LogP contribution in [0, 0.1) is 0 Å². The Morgan fingerprint density at radius 2 is 1.56 bits per heavy atom. The summed E-state index contributed by atoms with van der Waals surface area (Å²) in [4.78, 5) is 17.4. The van der Waals surface area contributed by atoms with Crippen molar-refractivity contribution in [2.24, 2.45) is 0 Å². The second kappa shape index (κ2) is 9.92. The Hall–Kier alpha value is -3.24. The Balaban J connectivity index is 1.80. The predicted molar refractivity (Wildman–Crippen MR) is 134 cm³/mol. The summed E-state index contributed by atoms with van der Waals surface area (Å²) < 4.78 is 6.39. The number of Topliss-reactive ketones (excluding diaryl/α,β-unsaturated/α-hetero) is 1. The van der Waals surface area contributed by atoms with E-state index < -0.39 is 0 Å². The van der Waals surface area contributed by atoms with Crippen LogP contribution in [0.25, 0.3) is 5.57 Å². The number of ether oxygens (including phenoxy) is 1. The zero-order valence-corrected chi connectivity index (χ0v) is 19.5. The highest BCUT2D eigenvalue weighted by Crippen LogP contribution is 2.40. The number of carbonyl (C=O) groups is 1. The Labute approximate surface area is 194 Å². The Kier molecular flexibility index (Phi) is 6.81. The molecule has 0 aromatic heterocycles. The second-order valence-electron chi connectivity index (χ2n) is 7.59. The van der Waals surface area contributed by atoms with Crippen LogP contribution in [0.5, 0.6) is 5.75 Å². The molecule has 4 rings (SSSR count). The third-order valence-corrected chi connectivity index (χ3v) is 6.61. The molecule has 0 radical (unpaired) electrons. The summed E-state index contributed by atoms with van der Waals surface area (Å²) in [6.45, 7) is 8.21. The van der Waals surface area contributed by atoms with Crippen LogP contribution in [0.3, 0.4) is 0 Å². The summed E-state index contributed by atoms with van der Waals surface area (Å²) >= 11 is 1.44. The maximum absolute atomic E-state index is 13.5. The topological polar surface area (TPSA) is 29.5 Å². The van der Waals surface area contributed by atoms with Crippen LogP contribution in [0.15, 0.2) is 100 Å². The lowest BCUT2D eigenvalue weighted by Crippen LogP contribution is -2.22. The number of hydrogen-bond donors (Lipinski definition) is 0. The number of benzene rings is 3. The van der Waals surface area contributed by atoms with Crippen molar-refractivity contribution in [3.8, 4) is 5.75 Å². The van der Waals surface area contributed by atoms with Crippen molar-refractivity contribution >= 4 is 28.8 Å². The first kappa shape index (κ1) is 22.0. The number of ketones is 1. The Bertz CT molecular complexity index is 1160. The van der Waals surface area contributed by atoms with E-state index in [9.17, 15) is 4.79 Å². The molecular formula is C28H27NO2S. The van der Waals surface area contributed by atoms with Gasteiger partial charge in [0.25, 0.3) is 0 Å². The van der Waals surface area contributed by atoms with Gasteiger partial charge in [-0.25, -0.2) is 0 Å². The zero-order chi connectivity index (χ0) is 22.5. The molecule has 162 valence electrons. The highest BCUT2D eigenvalue weighted by atomic mass is 32.2. The molecule has 32 heavy (non-hydrogen) atoms. The van der Waals surface area contributed by atoms with E-state index in [0.717, 1.165) is 40.6 Å². The lowest BCUT2D eigenvalue weighted by molar-refractivity contribution is 0.104. The van der Waals surface area contributed by atoms with Gasteiger partial charge in [-0.05, 0) is 56.7 Å². The van der Waals surface area contributed by atoms with E-state index >= 15 is 0 Å². The van der Waals surface area contributed by atoms with Gasteiger partial charge in [-0.15, -0.1) is 0 Å². The standard InChI is InChI=1S/C28H27NO2S/c1-4-29(5-2)22-16-17-24-20(3)18-26(31-25(24)19-22)28(32-23-14-10-7-11-15-23)27(30)21-12-8-6-9-13-21/h6-19H,4-5H2,1-3H3. The molecule has 0 aliphatic carbocycles. The van der Waals surface area contributed by atoms with Gasteiger partial charge in [0.05, 0.1) is 0 Å². The van der Waals surface area contributed by atoms with E-state index in [4.69, 9.17) is 4.74 Å². The van der Waals surface area contributed by atoms with E-state index in [1.165, 1.54) is 11.8 Å². The molecule has 1 aliphatic rings. The summed E-state index contributed by atoms with van der Waals surface area (Å²) in [5, 5.41) is 0. The van der Waals surface area contributed by atoms with Crippen LogP contribution in [0.1, 0.15) is 36.7 Å². The molecule has 0 N–H and O–H groups in total. The van der Waals surface area contributed by atoms with E-state index in [0.29, 0.717) is 16.2 Å². The fourth-order valence-electron chi connectivity index (χ4n) is 3.78. The van der Waals surface area contributed by atoms with E-state index in [-0.39, 0.29) is 5.78 Å². The maximum Gasteiger partial charge on any atom is 0.203 e. The lowest BCUT2D eigenvalue weighted by Gasteiger charge is -2.25. The van der Waals surface area contributed by atoms with Gasteiger partial charge in [-0.2, -0.15) is 0 Å². The molecule has 3 aromatic carbocycles. The smallest absolute Gasteiger partial charge is 0.203 e. The first-order valence-corrected chi connectivity index (χ1v) is 11.7. The Morgan fingerprint density at radius 1 is 0.906 bits per heavy atom. The van der Waals surface area contributed by atoms with Crippen molar-refractivity contribution in [1.29, 1.82) is 0 Å². The zero-order valence-electron chi connectivity index (χ0n) is 18.7. The average molecular weight is 442 g/mol. The molecule has 0 spiro atoms. The molecule has 0 saturated carbocycles. The number of carbonyl (C=O) groups excluding carboxylic acids is 1. The van der Waals surface area contributed by atoms with Crippen molar-refractivity contribution in [3.63, 3.8) is 0 Å². The number of rotatable bonds is 7. The number of allylic oxidation sites excluding steroid dienone is 3. The summed E-state index contributed by atoms with van der Waals surface area (Å²) in [5.41, 5.74) is 3.91. The van der Waals surface area contributed by atoms with Crippen molar-refractivity contribution in [3.05, 3.63) is 107 Å².